The average Bonchev–Trinajstić information content (AvgIpc) is 2.65. The average molecular weight is 441 g/mol. The van der Waals surface area contributed by atoms with E-state index in [0.29, 0.717) is 44.0 Å². The third-order valence-corrected chi connectivity index (χ3v) is 6.76. The first-order chi connectivity index (χ1) is 13.7. The van der Waals surface area contributed by atoms with Crippen molar-refractivity contribution < 1.29 is 23.1 Å². The maximum atomic E-state index is 12.2. The minimum atomic E-state index is -3.86. The van der Waals surface area contributed by atoms with Gasteiger partial charge in [-0.3, -0.25) is 9.69 Å². The highest BCUT2D eigenvalue weighted by molar-refractivity contribution is 7.99. The van der Waals surface area contributed by atoms with Crippen LogP contribution in [0.4, 0.5) is 4.79 Å². The van der Waals surface area contributed by atoms with Gasteiger partial charge in [0, 0.05) is 32.7 Å². The van der Waals surface area contributed by atoms with Crippen LogP contribution in [0.2, 0.25) is 0 Å². The summed E-state index contributed by atoms with van der Waals surface area (Å²) in [6, 6.07) is 8.73. The second kappa shape index (κ2) is 9.32. The van der Waals surface area contributed by atoms with Crippen molar-refractivity contribution >= 4 is 28.1 Å². The number of nitrogens with one attached hydrogen (secondary N) is 1. The number of carbonyl (C=O) groups excluding carboxylic acids is 1. The van der Waals surface area contributed by atoms with E-state index in [9.17, 15) is 18.3 Å². The Bertz CT molecular complexity index is 857. The molecule has 0 radical (unpaired) electrons. The third-order valence-electron chi connectivity index (χ3n) is 5.07. The Kier molecular flexibility index (Phi) is 7.02. The number of piperidine rings is 2. The smallest absolute Gasteiger partial charge is 0.304 e. The van der Waals surface area contributed by atoms with Crippen LogP contribution >= 0.6 is 12.6 Å². The van der Waals surface area contributed by atoms with Crippen molar-refractivity contribution in [3.05, 3.63) is 29.8 Å². The summed E-state index contributed by atoms with van der Waals surface area (Å²) >= 11 is 3.48. The SMILES string of the molecule is N#Cc1ccc(OCC(O)CN2CC3CC(C2)CN(S(=O)(=O)NC(=O)S)C3)cc1. The van der Waals surface area contributed by atoms with Gasteiger partial charge in [-0.05, 0) is 42.5 Å². The van der Waals surface area contributed by atoms with Crippen LogP contribution in [0.15, 0.2) is 24.3 Å². The fourth-order valence-corrected chi connectivity index (χ4v) is 5.54. The predicted molar refractivity (Wildman–Crippen MR) is 109 cm³/mol. The number of likely N-dealkylation sites (tertiary alicyclic amines) is 1. The number of carbonyl (C=O) groups is 1. The lowest BCUT2D eigenvalue weighted by Gasteiger charge is -2.45. The van der Waals surface area contributed by atoms with Crippen molar-refractivity contribution in [1.29, 1.82) is 5.26 Å². The molecule has 0 saturated carbocycles. The molecule has 2 N–H and O–H groups in total. The molecule has 11 heteroatoms. The Labute approximate surface area is 175 Å². The van der Waals surface area contributed by atoms with Crippen LogP contribution in [0.1, 0.15) is 12.0 Å². The van der Waals surface area contributed by atoms with E-state index in [2.05, 4.69) is 17.5 Å². The minimum Gasteiger partial charge on any atom is -0.491 e. The number of β-amino-alcohol motifs (C(OH)–C–C–N with tert-alkyl or cyclic N) is 1. The van der Waals surface area contributed by atoms with Crippen LogP contribution in [0.3, 0.4) is 0 Å². The summed E-state index contributed by atoms with van der Waals surface area (Å²) in [5, 5.41) is 18.2. The first kappa shape index (κ1) is 21.9. The van der Waals surface area contributed by atoms with E-state index < -0.39 is 21.6 Å². The van der Waals surface area contributed by atoms with Gasteiger partial charge in [0.25, 0.3) is 5.24 Å². The molecule has 2 saturated heterocycles. The highest BCUT2D eigenvalue weighted by atomic mass is 32.2. The van der Waals surface area contributed by atoms with Gasteiger partial charge in [-0.1, -0.05) is 12.6 Å². The van der Waals surface area contributed by atoms with Gasteiger partial charge in [0.15, 0.2) is 0 Å². The van der Waals surface area contributed by atoms with Crippen LogP contribution in [0, 0.1) is 23.2 Å². The number of ether oxygens (including phenoxy) is 1. The maximum Gasteiger partial charge on any atom is 0.304 e. The quantitative estimate of drug-likeness (QED) is 0.526. The third kappa shape index (κ3) is 6.07. The van der Waals surface area contributed by atoms with E-state index in [4.69, 9.17) is 10.00 Å². The molecule has 1 aromatic carbocycles. The van der Waals surface area contributed by atoms with Gasteiger partial charge in [0.1, 0.15) is 18.5 Å². The van der Waals surface area contributed by atoms with Crippen molar-refractivity contribution in [2.75, 3.05) is 39.3 Å². The summed E-state index contributed by atoms with van der Waals surface area (Å²) < 4.78 is 33.2. The summed E-state index contributed by atoms with van der Waals surface area (Å²) in [5.74, 6) is 0.868. The molecule has 9 nitrogen and oxygen atoms in total. The number of benzene rings is 1. The van der Waals surface area contributed by atoms with E-state index in [0.717, 1.165) is 6.42 Å². The van der Waals surface area contributed by atoms with E-state index >= 15 is 0 Å². The molecule has 3 unspecified atom stereocenters. The highest BCUT2D eigenvalue weighted by Crippen LogP contribution is 2.29. The van der Waals surface area contributed by atoms with E-state index in [1.165, 1.54) is 4.31 Å². The molecule has 0 aromatic heterocycles. The number of amides is 1. The summed E-state index contributed by atoms with van der Waals surface area (Å²) in [4.78, 5) is 13.1. The van der Waals surface area contributed by atoms with Gasteiger partial charge >= 0.3 is 10.2 Å². The summed E-state index contributed by atoms with van der Waals surface area (Å²) in [6.07, 6.45) is 0.239. The van der Waals surface area contributed by atoms with Crippen LogP contribution in [-0.4, -0.2) is 73.4 Å². The molecule has 3 atom stereocenters. The first-order valence-electron chi connectivity index (χ1n) is 9.29. The molecular formula is C18H24N4O5S2. The van der Waals surface area contributed by atoms with Crippen molar-refractivity contribution in [2.24, 2.45) is 11.8 Å². The molecule has 3 rings (SSSR count). The molecule has 2 fully saturated rings. The van der Waals surface area contributed by atoms with Gasteiger partial charge in [-0.25, -0.2) is 4.72 Å². The molecule has 2 bridgehead atoms. The predicted octanol–water partition coefficient (Wildman–Crippen LogP) is 0.436. The van der Waals surface area contributed by atoms with Gasteiger partial charge in [0.2, 0.25) is 0 Å². The number of nitriles is 1. The van der Waals surface area contributed by atoms with Crippen molar-refractivity contribution in [3.8, 4) is 11.8 Å². The van der Waals surface area contributed by atoms with Crippen molar-refractivity contribution in [2.45, 2.75) is 12.5 Å². The van der Waals surface area contributed by atoms with E-state index in [1.54, 1.807) is 24.3 Å². The summed E-state index contributed by atoms with van der Waals surface area (Å²) in [7, 11) is -3.86. The maximum absolute atomic E-state index is 12.2. The molecular weight excluding hydrogens is 416 g/mol. The van der Waals surface area contributed by atoms with Gasteiger partial charge in [-0.15, -0.1) is 0 Å². The van der Waals surface area contributed by atoms with Gasteiger partial charge < -0.3 is 9.84 Å². The summed E-state index contributed by atoms with van der Waals surface area (Å²) in [6.45, 7) is 2.58. The Morgan fingerprint density at radius 3 is 2.45 bits per heavy atom. The Morgan fingerprint density at radius 2 is 1.90 bits per heavy atom. The first-order valence-corrected chi connectivity index (χ1v) is 11.2. The molecule has 1 amide bonds. The standard InChI is InChI=1S/C18H24N4O5S2/c19-6-13-1-3-17(4-2-13)27-12-16(23)11-21-7-14-5-15(8-21)10-22(9-14)29(25,26)20-18(24)28/h1-4,14-16,23H,5,7-12H2,(H2,20,24,28). The van der Waals surface area contributed by atoms with Crippen molar-refractivity contribution in [1.82, 2.24) is 13.9 Å². The topological polar surface area (TPSA) is 123 Å². The number of nitrogens with zero attached hydrogens (tertiary/aromatic N) is 3. The molecule has 2 aliphatic heterocycles. The second-order valence-electron chi connectivity index (χ2n) is 7.52. The molecule has 158 valence electrons. The zero-order chi connectivity index (χ0) is 21.0. The number of aliphatic hydroxyl groups is 1. The van der Waals surface area contributed by atoms with Crippen LogP contribution in [0.5, 0.6) is 5.75 Å². The van der Waals surface area contributed by atoms with Crippen LogP contribution in [-0.2, 0) is 10.2 Å². The molecule has 2 heterocycles. The largest absolute Gasteiger partial charge is 0.491 e. The fourth-order valence-electron chi connectivity index (χ4n) is 4.03. The molecule has 29 heavy (non-hydrogen) atoms. The number of thiol groups is 1. The molecule has 0 spiro atoms. The normalized spacial score (nSPS) is 23.8. The Morgan fingerprint density at radius 1 is 1.28 bits per heavy atom. The zero-order valence-corrected chi connectivity index (χ0v) is 17.5. The van der Waals surface area contributed by atoms with Gasteiger partial charge in [0.05, 0.1) is 11.6 Å². The lowest BCUT2D eigenvalue weighted by molar-refractivity contribution is 0.0167. The molecule has 2 aliphatic rings. The van der Waals surface area contributed by atoms with Crippen LogP contribution < -0.4 is 9.46 Å². The summed E-state index contributed by atoms with van der Waals surface area (Å²) in [5.41, 5.74) is 0.544. The molecule has 1 aromatic rings. The monoisotopic (exact) mass is 440 g/mol. The lowest BCUT2D eigenvalue weighted by Crippen LogP contribution is -2.57. The Balaban J connectivity index is 1.48. The molecule has 0 aliphatic carbocycles. The zero-order valence-electron chi connectivity index (χ0n) is 15.8. The number of hydrogen-bond donors (Lipinski definition) is 3. The fraction of sp³-hybridized carbons (Fsp3) is 0.556. The van der Waals surface area contributed by atoms with Crippen LogP contribution in [0.25, 0.3) is 0 Å². The second-order valence-corrected chi connectivity index (χ2v) is 9.59. The minimum absolute atomic E-state index is 0.131. The number of aliphatic hydroxyl groups excluding tert-OH is 1. The Hall–Kier alpha value is -1.84. The number of fused-ring (bicyclic) bond motifs is 2. The van der Waals surface area contributed by atoms with E-state index in [-0.39, 0.29) is 18.4 Å². The number of hydrogen-bond acceptors (Lipinski definition) is 7. The highest BCUT2D eigenvalue weighted by Gasteiger charge is 2.39. The van der Waals surface area contributed by atoms with Gasteiger partial charge in [-0.2, -0.15) is 18.0 Å². The lowest BCUT2D eigenvalue weighted by atomic mass is 9.85. The van der Waals surface area contributed by atoms with E-state index in [1.807, 2.05) is 10.8 Å². The number of rotatable bonds is 7. The van der Waals surface area contributed by atoms with Crippen molar-refractivity contribution in [3.63, 3.8) is 0 Å².